The molecule has 1 aromatic carbocycles. The number of nitrogens with zero attached hydrogens (tertiary/aromatic N) is 1. The number of para-hydroxylation sites is 1. The number of hydrogen-bond donors (Lipinski definition) is 1. The Balaban J connectivity index is 2.88. The van der Waals surface area contributed by atoms with Gasteiger partial charge in [-0.15, -0.1) is 0 Å². The third kappa shape index (κ3) is 2.47. The molecular weight excluding hydrogens is 164 g/mol. The van der Waals surface area contributed by atoms with E-state index in [1.807, 2.05) is 38.1 Å². The van der Waals surface area contributed by atoms with E-state index in [0.29, 0.717) is 6.61 Å². The summed E-state index contributed by atoms with van der Waals surface area (Å²) in [5.41, 5.74) is 8.21. The standard InChI is InChI=1S/C10H14N2O/c1-3-13-12-8(2)9-6-4-5-7-10(9)11/h4-7H,3,11H2,1-2H3/b12-8+. The van der Waals surface area contributed by atoms with E-state index in [9.17, 15) is 0 Å². The lowest BCUT2D eigenvalue weighted by molar-refractivity contribution is 0.159. The number of oxime groups is 1. The van der Waals surface area contributed by atoms with Gasteiger partial charge in [-0.25, -0.2) is 0 Å². The Labute approximate surface area is 78.2 Å². The van der Waals surface area contributed by atoms with Gasteiger partial charge >= 0.3 is 0 Å². The highest BCUT2D eigenvalue weighted by molar-refractivity contribution is 6.02. The Hall–Kier alpha value is -1.51. The molecule has 0 radical (unpaired) electrons. The van der Waals surface area contributed by atoms with Crippen molar-refractivity contribution >= 4 is 11.4 Å². The van der Waals surface area contributed by atoms with Gasteiger partial charge in [0, 0.05) is 11.3 Å². The van der Waals surface area contributed by atoms with E-state index in [2.05, 4.69) is 5.16 Å². The third-order valence-corrected chi connectivity index (χ3v) is 1.68. The average molecular weight is 178 g/mol. The van der Waals surface area contributed by atoms with Gasteiger partial charge in [-0.3, -0.25) is 0 Å². The molecule has 2 N–H and O–H groups in total. The van der Waals surface area contributed by atoms with Gasteiger partial charge in [0.1, 0.15) is 6.61 Å². The van der Waals surface area contributed by atoms with Crippen LogP contribution in [0.3, 0.4) is 0 Å². The van der Waals surface area contributed by atoms with Crippen molar-refractivity contribution in [3.63, 3.8) is 0 Å². The summed E-state index contributed by atoms with van der Waals surface area (Å²) in [4.78, 5) is 4.94. The highest BCUT2D eigenvalue weighted by Crippen LogP contribution is 2.11. The fourth-order valence-corrected chi connectivity index (χ4v) is 1.04. The Morgan fingerprint density at radius 3 is 2.77 bits per heavy atom. The summed E-state index contributed by atoms with van der Waals surface area (Å²) in [7, 11) is 0. The summed E-state index contributed by atoms with van der Waals surface area (Å²) in [5.74, 6) is 0. The molecule has 0 bridgehead atoms. The summed E-state index contributed by atoms with van der Waals surface area (Å²) in [5, 5.41) is 3.91. The molecule has 0 unspecified atom stereocenters. The number of rotatable bonds is 3. The van der Waals surface area contributed by atoms with Crippen molar-refractivity contribution in [3.05, 3.63) is 29.8 Å². The fourth-order valence-electron chi connectivity index (χ4n) is 1.04. The predicted octanol–water partition coefficient (Wildman–Crippen LogP) is 2.03. The molecule has 0 saturated carbocycles. The van der Waals surface area contributed by atoms with Crippen molar-refractivity contribution in [1.29, 1.82) is 0 Å². The Kier molecular flexibility index (Phi) is 3.31. The van der Waals surface area contributed by atoms with Crippen LogP contribution in [-0.4, -0.2) is 12.3 Å². The molecule has 13 heavy (non-hydrogen) atoms. The van der Waals surface area contributed by atoms with E-state index in [-0.39, 0.29) is 0 Å². The topological polar surface area (TPSA) is 47.6 Å². The Morgan fingerprint density at radius 1 is 1.46 bits per heavy atom. The van der Waals surface area contributed by atoms with Gasteiger partial charge in [0.25, 0.3) is 0 Å². The molecule has 0 fully saturated rings. The van der Waals surface area contributed by atoms with Gasteiger partial charge in [-0.05, 0) is 19.9 Å². The normalized spacial score (nSPS) is 11.4. The van der Waals surface area contributed by atoms with Crippen molar-refractivity contribution in [3.8, 4) is 0 Å². The SMILES string of the molecule is CCO/N=C(\C)c1ccccc1N. The molecule has 0 aliphatic carbocycles. The smallest absolute Gasteiger partial charge is 0.114 e. The van der Waals surface area contributed by atoms with Gasteiger partial charge in [-0.2, -0.15) is 0 Å². The van der Waals surface area contributed by atoms with Crippen molar-refractivity contribution in [2.45, 2.75) is 13.8 Å². The second-order valence-electron chi connectivity index (χ2n) is 2.68. The van der Waals surface area contributed by atoms with Crippen LogP contribution in [0, 0.1) is 0 Å². The third-order valence-electron chi connectivity index (χ3n) is 1.68. The summed E-state index contributed by atoms with van der Waals surface area (Å²) in [6, 6.07) is 7.59. The second-order valence-corrected chi connectivity index (χ2v) is 2.68. The summed E-state index contributed by atoms with van der Waals surface area (Å²) >= 11 is 0. The molecule has 0 aliphatic heterocycles. The molecule has 1 rings (SSSR count). The molecule has 0 aliphatic rings. The summed E-state index contributed by atoms with van der Waals surface area (Å²) < 4.78 is 0. The van der Waals surface area contributed by atoms with E-state index < -0.39 is 0 Å². The number of hydrogen-bond acceptors (Lipinski definition) is 3. The highest BCUT2D eigenvalue weighted by atomic mass is 16.6. The first-order valence-corrected chi connectivity index (χ1v) is 4.27. The van der Waals surface area contributed by atoms with Crippen LogP contribution in [0.5, 0.6) is 0 Å². The van der Waals surface area contributed by atoms with Gasteiger partial charge in [-0.1, -0.05) is 23.4 Å². The average Bonchev–Trinajstić information content (AvgIpc) is 2.15. The maximum Gasteiger partial charge on any atom is 0.114 e. The monoisotopic (exact) mass is 178 g/mol. The first kappa shape index (κ1) is 9.58. The second kappa shape index (κ2) is 4.50. The summed E-state index contributed by atoms with van der Waals surface area (Å²) in [6.45, 7) is 4.34. The predicted molar refractivity (Wildman–Crippen MR) is 54.7 cm³/mol. The van der Waals surface area contributed by atoms with Crippen LogP contribution in [0.2, 0.25) is 0 Å². The first-order chi connectivity index (χ1) is 6.25. The zero-order valence-corrected chi connectivity index (χ0v) is 7.95. The van der Waals surface area contributed by atoms with Crippen molar-refractivity contribution in [2.24, 2.45) is 5.16 Å². The van der Waals surface area contributed by atoms with Crippen molar-refractivity contribution in [2.75, 3.05) is 12.3 Å². The molecule has 70 valence electrons. The van der Waals surface area contributed by atoms with Crippen LogP contribution < -0.4 is 5.73 Å². The number of nitrogen functional groups attached to an aromatic ring is 1. The van der Waals surface area contributed by atoms with E-state index >= 15 is 0 Å². The Bertz CT molecular complexity index is 308. The minimum absolute atomic E-state index is 0.573. The van der Waals surface area contributed by atoms with Gasteiger partial charge in [0.2, 0.25) is 0 Å². The molecule has 3 nitrogen and oxygen atoms in total. The highest BCUT2D eigenvalue weighted by Gasteiger charge is 2.00. The van der Waals surface area contributed by atoms with Gasteiger partial charge in [0.15, 0.2) is 0 Å². The number of anilines is 1. The first-order valence-electron chi connectivity index (χ1n) is 4.27. The maximum atomic E-state index is 5.76. The lowest BCUT2D eigenvalue weighted by Crippen LogP contribution is -2.01. The van der Waals surface area contributed by atoms with E-state index in [0.717, 1.165) is 17.0 Å². The van der Waals surface area contributed by atoms with Crippen LogP contribution in [0.15, 0.2) is 29.4 Å². The molecule has 0 spiro atoms. The zero-order valence-electron chi connectivity index (χ0n) is 7.95. The van der Waals surface area contributed by atoms with Crippen LogP contribution >= 0.6 is 0 Å². The van der Waals surface area contributed by atoms with E-state index in [4.69, 9.17) is 10.6 Å². The molecule has 0 atom stereocenters. The molecule has 0 aromatic heterocycles. The lowest BCUT2D eigenvalue weighted by atomic mass is 10.1. The van der Waals surface area contributed by atoms with Crippen LogP contribution in [0.25, 0.3) is 0 Å². The Morgan fingerprint density at radius 2 is 2.15 bits per heavy atom. The molecule has 0 amide bonds. The van der Waals surface area contributed by atoms with Gasteiger partial charge in [0.05, 0.1) is 5.71 Å². The largest absolute Gasteiger partial charge is 0.398 e. The minimum atomic E-state index is 0.573. The lowest BCUT2D eigenvalue weighted by Gasteiger charge is -2.03. The number of nitrogens with two attached hydrogens (primary N) is 1. The maximum absolute atomic E-state index is 5.76. The van der Waals surface area contributed by atoms with E-state index in [1.165, 1.54) is 0 Å². The van der Waals surface area contributed by atoms with E-state index in [1.54, 1.807) is 0 Å². The van der Waals surface area contributed by atoms with Crippen LogP contribution in [0.1, 0.15) is 19.4 Å². The molecule has 0 heterocycles. The zero-order chi connectivity index (χ0) is 9.68. The minimum Gasteiger partial charge on any atom is -0.398 e. The molecule has 3 heteroatoms. The molecule has 0 saturated heterocycles. The fraction of sp³-hybridized carbons (Fsp3) is 0.300. The van der Waals surface area contributed by atoms with Crippen LogP contribution in [0.4, 0.5) is 5.69 Å². The van der Waals surface area contributed by atoms with Crippen molar-refractivity contribution in [1.82, 2.24) is 0 Å². The van der Waals surface area contributed by atoms with Gasteiger partial charge < -0.3 is 10.6 Å². The summed E-state index contributed by atoms with van der Waals surface area (Å²) in [6.07, 6.45) is 0. The van der Waals surface area contributed by atoms with Crippen LogP contribution in [-0.2, 0) is 4.84 Å². The molecular formula is C10H14N2O. The quantitative estimate of drug-likeness (QED) is 0.437. The molecule has 1 aromatic rings. The van der Waals surface area contributed by atoms with Crippen molar-refractivity contribution < 1.29 is 4.84 Å². The number of benzene rings is 1.